The van der Waals surface area contributed by atoms with E-state index in [0.717, 1.165) is 0 Å². The first-order valence-corrected chi connectivity index (χ1v) is 3.56. The van der Waals surface area contributed by atoms with Crippen molar-refractivity contribution >= 4 is 0 Å². The number of nitrogens with zero attached hydrogens (tertiary/aromatic N) is 1. The number of aryl methyl sites for hydroxylation is 1. The van der Waals surface area contributed by atoms with Gasteiger partial charge < -0.3 is 15.3 Å². The number of hydrogen-bond acceptors (Lipinski definition) is 4. The molecule has 1 aromatic rings. The summed E-state index contributed by atoms with van der Waals surface area (Å²) in [5.41, 5.74) is 0.981. The average molecular weight is 168 g/mol. The second kappa shape index (κ2) is 3.51. The molecule has 0 fully saturated rings. The number of rotatable bonds is 2. The van der Waals surface area contributed by atoms with Gasteiger partial charge in [-0.2, -0.15) is 0 Å². The summed E-state index contributed by atoms with van der Waals surface area (Å²) in [6.07, 6.45) is 1.41. The van der Waals surface area contributed by atoms with E-state index < -0.39 is 0 Å². The van der Waals surface area contributed by atoms with Crippen molar-refractivity contribution in [2.24, 2.45) is 0 Å². The van der Waals surface area contributed by atoms with Crippen LogP contribution in [0.25, 0.3) is 0 Å². The van der Waals surface area contributed by atoms with Gasteiger partial charge in [-0.3, -0.25) is 4.98 Å². The van der Waals surface area contributed by atoms with Gasteiger partial charge in [0, 0.05) is 17.5 Å². The molecule has 0 atom stereocenters. The predicted molar refractivity (Wildman–Crippen MR) is 40.3 cm³/mol. The van der Waals surface area contributed by atoms with Crippen molar-refractivity contribution in [3.63, 3.8) is 0 Å². The van der Waals surface area contributed by atoms with E-state index in [-0.39, 0.29) is 24.5 Å². The maximum Gasteiger partial charge on any atom is 0.0700 e. The summed E-state index contributed by atoms with van der Waals surface area (Å²) < 4.78 is 0. The van der Waals surface area contributed by atoms with Crippen LogP contribution in [0.4, 0.5) is 0 Å². The maximum absolute atomic E-state index is 11.2. The Bertz CT molecular complexity index is 286. The minimum atomic E-state index is -0.349. The highest BCUT2D eigenvalue weighted by atomic mass is 16.3. The Morgan fingerprint density at radius 2 is 2.08 bits per heavy atom. The van der Waals surface area contributed by atoms with E-state index >= 15 is 0 Å². The Balaban J connectivity index is 3.25. The van der Waals surface area contributed by atoms with Gasteiger partial charge in [-0.1, -0.05) is 5.75 Å². The second-order valence-electron chi connectivity index (χ2n) is 2.49. The molecule has 2 N–H and O–H groups in total. The predicted octanol–water partition coefficient (Wildman–Crippen LogP) is -0.552. The van der Waals surface area contributed by atoms with E-state index in [4.69, 9.17) is 10.2 Å². The van der Waals surface area contributed by atoms with Crippen LogP contribution >= 0.6 is 0 Å². The van der Waals surface area contributed by atoms with Crippen LogP contribution in [0.15, 0.2) is 6.20 Å². The third kappa shape index (κ3) is 1.39. The molecule has 1 aromatic heterocycles. The van der Waals surface area contributed by atoms with Crippen molar-refractivity contribution < 1.29 is 15.3 Å². The first kappa shape index (κ1) is 8.96. The van der Waals surface area contributed by atoms with Gasteiger partial charge in [-0.25, -0.2) is 0 Å². The number of aliphatic hydroxyl groups excluding tert-OH is 2. The SMILES string of the molecule is Cc1ncc(CO)c(CO)c1[O-]. The van der Waals surface area contributed by atoms with E-state index in [9.17, 15) is 5.11 Å². The molecule has 0 spiro atoms. The molecule has 0 radical (unpaired) electrons. The van der Waals surface area contributed by atoms with Crippen LogP contribution in [0.3, 0.4) is 0 Å². The molecule has 0 unspecified atom stereocenters. The Kier molecular flexibility index (Phi) is 2.62. The first-order chi connectivity index (χ1) is 5.70. The van der Waals surface area contributed by atoms with E-state index in [1.165, 1.54) is 6.20 Å². The van der Waals surface area contributed by atoms with Crippen molar-refractivity contribution in [1.29, 1.82) is 0 Å². The van der Waals surface area contributed by atoms with Gasteiger partial charge in [-0.15, -0.1) is 0 Å². The Labute approximate surface area is 70.1 Å². The molecular weight excluding hydrogens is 158 g/mol. The normalized spacial score (nSPS) is 10.2. The van der Waals surface area contributed by atoms with Crippen LogP contribution in [0.1, 0.15) is 16.8 Å². The number of hydrogen-bond donors (Lipinski definition) is 2. The van der Waals surface area contributed by atoms with Gasteiger partial charge in [0.25, 0.3) is 0 Å². The van der Waals surface area contributed by atoms with Crippen LogP contribution in [-0.4, -0.2) is 15.2 Å². The summed E-state index contributed by atoms with van der Waals surface area (Å²) in [4.78, 5) is 3.77. The fourth-order valence-electron chi connectivity index (χ4n) is 0.985. The maximum atomic E-state index is 11.2. The fourth-order valence-corrected chi connectivity index (χ4v) is 0.985. The van der Waals surface area contributed by atoms with E-state index in [1.54, 1.807) is 6.92 Å². The highest BCUT2D eigenvalue weighted by Gasteiger charge is 2.03. The molecule has 0 saturated carbocycles. The third-order valence-electron chi connectivity index (χ3n) is 1.73. The Hall–Kier alpha value is -1.13. The van der Waals surface area contributed by atoms with Crippen LogP contribution in [0.2, 0.25) is 0 Å². The van der Waals surface area contributed by atoms with Gasteiger partial charge >= 0.3 is 0 Å². The summed E-state index contributed by atoms with van der Waals surface area (Å²) in [6.45, 7) is 0.957. The van der Waals surface area contributed by atoms with Gasteiger partial charge in [-0.05, 0) is 12.5 Å². The Morgan fingerprint density at radius 3 is 2.58 bits per heavy atom. The van der Waals surface area contributed by atoms with E-state index in [2.05, 4.69) is 4.98 Å². The summed E-state index contributed by atoms with van der Waals surface area (Å²) >= 11 is 0. The minimum absolute atomic E-state index is 0.241. The van der Waals surface area contributed by atoms with Crippen molar-refractivity contribution in [2.45, 2.75) is 20.1 Å². The number of aliphatic hydroxyl groups is 2. The average Bonchev–Trinajstić information content (AvgIpc) is 2.09. The summed E-state index contributed by atoms with van der Waals surface area (Å²) in [6, 6.07) is 0. The van der Waals surface area contributed by atoms with Gasteiger partial charge in [0.15, 0.2) is 0 Å². The van der Waals surface area contributed by atoms with Crippen LogP contribution in [-0.2, 0) is 13.2 Å². The largest absolute Gasteiger partial charge is 0.871 e. The molecule has 66 valence electrons. The topological polar surface area (TPSA) is 76.4 Å². The molecule has 0 aliphatic carbocycles. The van der Waals surface area contributed by atoms with Crippen molar-refractivity contribution in [1.82, 2.24) is 4.98 Å². The molecule has 4 nitrogen and oxygen atoms in total. The zero-order chi connectivity index (χ0) is 9.14. The lowest BCUT2D eigenvalue weighted by atomic mass is 10.1. The molecular formula is C8H10NO3-. The van der Waals surface area contributed by atoms with Crippen molar-refractivity contribution in [3.05, 3.63) is 23.0 Å². The zero-order valence-electron chi connectivity index (χ0n) is 6.74. The van der Waals surface area contributed by atoms with Crippen molar-refractivity contribution in [2.75, 3.05) is 0 Å². The monoisotopic (exact) mass is 168 g/mol. The molecule has 1 rings (SSSR count). The molecule has 0 aliphatic rings. The standard InChI is InChI=1S/C8H11NO3/c1-5-8(12)7(4-11)6(3-10)2-9-5/h2,10-12H,3-4H2,1H3/p-1. The Morgan fingerprint density at radius 1 is 1.42 bits per heavy atom. The van der Waals surface area contributed by atoms with E-state index in [1.807, 2.05) is 0 Å². The smallest absolute Gasteiger partial charge is 0.0700 e. The molecule has 0 aromatic carbocycles. The number of pyridine rings is 1. The van der Waals surface area contributed by atoms with Crippen LogP contribution < -0.4 is 5.11 Å². The third-order valence-corrected chi connectivity index (χ3v) is 1.73. The van der Waals surface area contributed by atoms with Gasteiger partial charge in [0.1, 0.15) is 0 Å². The fraction of sp³-hybridized carbons (Fsp3) is 0.375. The molecule has 0 aliphatic heterocycles. The summed E-state index contributed by atoms with van der Waals surface area (Å²) in [5.74, 6) is -0.288. The quantitative estimate of drug-likeness (QED) is 0.621. The lowest BCUT2D eigenvalue weighted by Crippen LogP contribution is -2.05. The van der Waals surface area contributed by atoms with Crippen LogP contribution in [0.5, 0.6) is 5.75 Å². The molecule has 4 heteroatoms. The molecule has 0 amide bonds. The molecule has 0 bridgehead atoms. The zero-order valence-corrected chi connectivity index (χ0v) is 6.74. The lowest BCUT2D eigenvalue weighted by Gasteiger charge is -2.16. The minimum Gasteiger partial charge on any atom is -0.871 e. The molecule has 0 saturated heterocycles. The van der Waals surface area contributed by atoms with Gasteiger partial charge in [0.2, 0.25) is 0 Å². The molecule has 12 heavy (non-hydrogen) atoms. The molecule has 1 heterocycles. The van der Waals surface area contributed by atoms with Crippen molar-refractivity contribution in [3.8, 4) is 5.75 Å². The highest BCUT2D eigenvalue weighted by Crippen LogP contribution is 2.20. The summed E-state index contributed by atoms with van der Waals surface area (Å²) in [7, 11) is 0. The number of aromatic nitrogens is 1. The second-order valence-corrected chi connectivity index (χ2v) is 2.49. The summed E-state index contributed by atoms with van der Waals surface area (Å²) in [5, 5.41) is 28.8. The lowest BCUT2D eigenvalue weighted by molar-refractivity contribution is -0.271. The van der Waals surface area contributed by atoms with Crippen LogP contribution in [0, 0.1) is 6.92 Å². The van der Waals surface area contributed by atoms with E-state index in [0.29, 0.717) is 11.3 Å². The first-order valence-electron chi connectivity index (χ1n) is 3.56. The highest BCUT2D eigenvalue weighted by molar-refractivity contribution is 5.38. The van der Waals surface area contributed by atoms with Gasteiger partial charge in [0.05, 0.1) is 13.2 Å².